The van der Waals surface area contributed by atoms with E-state index in [9.17, 15) is 4.79 Å². The summed E-state index contributed by atoms with van der Waals surface area (Å²) in [6.07, 6.45) is 2.72. The van der Waals surface area contributed by atoms with E-state index in [0.717, 1.165) is 17.2 Å². The smallest absolute Gasteiger partial charge is 0.152 e. The Kier molecular flexibility index (Phi) is 3.24. The number of nitrogens with zero attached hydrogens (tertiary/aromatic N) is 1. The number of allylic oxidation sites excluding steroid dienone is 1. The summed E-state index contributed by atoms with van der Waals surface area (Å²) >= 11 is 0. The van der Waals surface area contributed by atoms with E-state index in [4.69, 9.17) is 0 Å². The van der Waals surface area contributed by atoms with Gasteiger partial charge in [-0.25, -0.2) is 0 Å². The van der Waals surface area contributed by atoms with Crippen molar-refractivity contribution in [2.24, 2.45) is 0 Å². The molecule has 0 aliphatic carbocycles. The highest BCUT2D eigenvalue weighted by atomic mass is 16.1. The van der Waals surface area contributed by atoms with E-state index in [1.807, 2.05) is 55.5 Å². The van der Waals surface area contributed by atoms with E-state index in [1.165, 1.54) is 5.39 Å². The van der Waals surface area contributed by atoms with Crippen LogP contribution in [0, 0.1) is 0 Å². The lowest BCUT2D eigenvalue weighted by Gasteiger charge is -2.08. The van der Waals surface area contributed by atoms with Gasteiger partial charge in [0, 0.05) is 25.9 Å². The van der Waals surface area contributed by atoms with Crippen molar-refractivity contribution in [3.63, 3.8) is 0 Å². The molecular weight excluding hydrogens is 210 g/mol. The topological polar surface area (TPSA) is 20.3 Å². The molecule has 0 bridgehead atoms. The zero-order valence-corrected chi connectivity index (χ0v) is 10.1. The van der Waals surface area contributed by atoms with Gasteiger partial charge in [-0.3, -0.25) is 4.79 Å². The molecule has 2 rings (SSSR count). The largest absolute Gasteiger partial charge is 0.383 e. The Labute approximate surface area is 101 Å². The Hall–Kier alpha value is -2.09. The van der Waals surface area contributed by atoms with Gasteiger partial charge in [0.2, 0.25) is 0 Å². The lowest BCUT2D eigenvalue weighted by atomic mass is 10.0. The summed E-state index contributed by atoms with van der Waals surface area (Å²) in [6, 6.07) is 14.2. The van der Waals surface area contributed by atoms with Crippen molar-refractivity contribution in [3.05, 3.63) is 54.2 Å². The molecule has 17 heavy (non-hydrogen) atoms. The van der Waals surface area contributed by atoms with Crippen LogP contribution >= 0.6 is 0 Å². The number of carbonyl (C=O) groups excluding carboxylic acids is 1. The molecule has 0 aromatic heterocycles. The third-order valence-corrected chi connectivity index (χ3v) is 2.61. The molecular formula is C15H15NO. The first-order chi connectivity index (χ1) is 8.20. The van der Waals surface area contributed by atoms with E-state index in [1.54, 1.807) is 0 Å². The van der Waals surface area contributed by atoms with Crippen LogP contribution in [0.1, 0.15) is 5.56 Å². The van der Waals surface area contributed by atoms with Crippen molar-refractivity contribution in [1.82, 2.24) is 4.90 Å². The minimum atomic E-state index is 0.695. The van der Waals surface area contributed by atoms with Gasteiger partial charge < -0.3 is 4.90 Å². The van der Waals surface area contributed by atoms with E-state index < -0.39 is 0 Å². The van der Waals surface area contributed by atoms with E-state index in [2.05, 4.69) is 12.1 Å². The van der Waals surface area contributed by atoms with Gasteiger partial charge in [-0.05, 0) is 22.4 Å². The summed E-state index contributed by atoms with van der Waals surface area (Å²) in [5.41, 5.74) is 1.65. The first-order valence-corrected chi connectivity index (χ1v) is 5.53. The summed E-state index contributed by atoms with van der Waals surface area (Å²) < 4.78 is 0. The SMILES string of the molecule is CN(C)/C=C(\C=O)c1ccc2ccccc2c1. The van der Waals surface area contributed by atoms with E-state index in [-0.39, 0.29) is 0 Å². The Morgan fingerprint density at radius 1 is 1.06 bits per heavy atom. The lowest BCUT2D eigenvalue weighted by molar-refractivity contribution is -0.103. The van der Waals surface area contributed by atoms with Crippen LogP contribution in [0.5, 0.6) is 0 Å². The average Bonchev–Trinajstić information content (AvgIpc) is 2.35. The molecule has 2 heteroatoms. The van der Waals surface area contributed by atoms with Crippen molar-refractivity contribution < 1.29 is 4.79 Å². The van der Waals surface area contributed by atoms with Gasteiger partial charge in [0.25, 0.3) is 0 Å². The standard InChI is InChI=1S/C15H15NO/c1-16(2)10-15(11-17)14-8-7-12-5-3-4-6-13(12)9-14/h3-11H,1-2H3/b15-10+. The van der Waals surface area contributed by atoms with Crippen molar-refractivity contribution in [2.45, 2.75) is 0 Å². The lowest BCUT2D eigenvalue weighted by Crippen LogP contribution is -2.03. The maximum Gasteiger partial charge on any atom is 0.152 e. The Bertz CT molecular complexity index is 570. The summed E-state index contributed by atoms with van der Waals surface area (Å²) in [6.45, 7) is 0. The van der Waals surface area contributed by atoms with Crippen LogP contribution in [0.2, 0.25) is 0 Å². The normalized spacial score (nSPS) is 11.5. The molecule has 0 atom stereocenters. The average molecular weight is 225 g/mol. The highest BCUT2D eigenvalue weighted by Gasteiger charge is 2.02. The molecule has 0 unspecified atom stereocenters. The molecule has 0 aliphatic rings. The predicted octanol–water partition coefficient (Wildman–Crippen LogP) is 2.94. The van der Waals surface area contributed by atoms with Crippen LogP contribution in [0.3, 0.4) is 0 Å². The van der Waals surface area contributed by atoms with Gasteiger partial charge in [-0.1, -0.05) is 36.4 Å². The van der Waals surface area contributed by atoms with Crippen LogP contribution in [0.15, 0.2) is 48.7 Å². The fourth-order valence-corrected chi connectivity index (χ4v) is 1.82. The van der Waals surface area contributed by atoms with Crippen LogP contribution in [0.25, 0.3) is 16.3 Å². The van der Waals surface area contributed by atoms with Gasteiger partial charge in [0.05, 0.1) is 0 Å². The molecule has 0 spiro atoms. The maximum atomic E-state index is 11.1. The predicted molar refractivity (Wildman–Crippen MR) is 71.7 cm³/mol. The zero-order valence-electron chi connectivity index (χ0n) is 10.1. The van der Waals surface area contributed by atoms with Crippen molar-refractivity contribution in [1.29, 1.82) is 0 Å². The molecule has 0 saturated heterocycles. The third-order valence-electron chi connectivity index (χ3n) is 2.61. The highest BCUT2D eigenvalue weighted by molar-refractivity contribution is 6.07. The van der Waals surface area contributed by atoms with Crippen molar-refractivity contribution >= 4 is 22.6 Å². The fourth-order valence-electron chi connectivity index (χ4n) is 1.82. The number of aldehydes is 1. The number of fused-ring (bicyclic) bond motifs is 1. The van der Waals surface area contributed by atoms with Gasteiger partial charge in [0.15, 0.2) is 6.29 Å². The van der Waals surface area contributed by atoms with Gasteiger partial charge >= 0.3 is 0 Å². The first kappa shape index (κ1) is 11.4. The number of carbonyl (C=O) groups is 1. The van der Waals surface area contributed by atoms with Crippen LogP contribution < -0.4 is 0 Å². The Balaban J connectivity index is 2.52. The second-order valence-corrected chi connectivity index (χ2v) is 4.23. The van der Waals surface area contributed by atoms with Gasteiger partial charge in [-0.2, -0.15) is 0 Å². The van der Waals surface area contributed by atoms with E-state index >= 15 is 0 Å². The number of hydrogen-bond donors (Lipinski definition) is 0. The number of rotatable bonds is 3. The molecule has 0 radical (unpaired) electrons. The minimum absolute atomic E-state index is 0.695. The molecule has 2 nitrogen and oxygen atoms in total. The van der Waals surface area contributed by atoms with E-state index in [0.29, 0.717) is 5.57 Å². The molecule has 86 valence electrons. The molecule has 0 N–H and O–H groups in total. The third kappa shape index (κ3) is 2.53. The second kappa shape index (κ2) is 4.83. The summed E-state index contributed by atoms with van der Waals surface area (Å²) in [5, 5.41) is 2.34. The quantitative estimate of drug-likeness (QED) is 0.591. The Morgan fingerprint density at radius 2 is 1.76 bits per heavy atom. The zero-order chi connectivity index (χ0) is 12.3. The van der Waals surface area contributed by atoms with Crippen molar-refractivity contribution in [3.8, 4) is 0 Å². The molecule has 2 aromatic carbocycles. The monoisotopic (exact) mass is 225 g/mol. The van der Waals surface area contributed by atoms with Crippen LogP contribution in [-0.4, -0.2) is 25.3 Å². The van der Waals surface area contributed by atoms with Gasteiger partial charge in [0.1, 0.15) is 0 Å². The molecule has 0 aliphatic heterocycles. The summed E-state index contributed by atoms with van der Waals surface area (Å²) in [7, 11) is 3.81. The first-order valence-electron chi connectivity index (χ1n) is 5.53. The fraction of sp³-hybridized carbons (Fsp3) is 0.133. The highest BCUT2D eigenvalue weighted by Crippen LogP contribution is 2.20. The minimum Gasteiger partial charge on any atom is -0.383 e. The van der Waals surface area contributed by atoms with Crippen LogP contribution in [-0.2, 0) is 4.79 Å². The van der Waals surface area contributed by atoms with Gasteiger partial charge in [-0.15, -0.1) is 0 Å². The van der Waals surface area contributed by atoms with Crippen LogP contribution in [0.4, 0.5) is 0 Å². The van der Waals surface area contributed by atoms with Crippen molar-refractivity contribution in [2.75, 3.05) is 14.1 Å². The molecule has 2 aromatic rings. The molecule has 0 fully saturated rings. The number of benzene rings is 2. The molecule has 0 heterocycles. The summed E-state index contributed by atoms with van der Waals surface area (Å²) in [5.74, 6) is 0. The Morgan fingerprint density at radius 3 is 2.41 bits per heavy atom. The second-order valence-electron chi connectivity index (χ2n) is 4.23. The molecule has 0 saturated carbocycles. The maximum absolute atomic E-state index is 11.1. The summed E-state index contributed by atoms with van der Waals surface area (Å²) in [4.78, 5) is 13.0. The molecule has 0 amide bonds. The number of hydrogen-bond acceptors (Lipinski definition) is 2.